The smallest absolute Gasteiger partial charge is 0.317 e. The molecule has 1 aliphatic rings. The molecule has 0 radical (unpaired) electrons. The quantitative estimate of drug-likeness (QED) is 0.797. The zero-order chi connectivity index (χ0) is 18.0. The molecule has 3 heterocycles. The molecule has 2 aromatic heterocycles. The molecule has 0 aromatic carbocycles. The molecule has 7 heteroatoms. The maximum atomic E-state index is 12.3. The largest absolute Gasteiger partial charge is 0.378 e. The van der Waals surface area contributed by atoms with Crippen molar-refractivity contribution >= 4 is 22.8 Å². The van der Waals surface area contributed by atoms with Crippen LogP contribution in [0.4, 0.5) is 10.5 Å². The predicted octanol–water partition coefficient (Wildman–Crippen LogP) is 2.67. The second kappa shape index (κ2) is 7.01. The zero-order valence-corrected chi connectivity index (χ0v) is 14.8. The summed E-state index contributed by atoms with van der Waals surface area (Å²) in [6, 6.07) is 4.33. The fourth-order valence-electron chi connectivity index (χ4n) is 3.39. The SMILES string of the molecule is CC[C@@H]1CN(C(=O)NC(C)C)C[C@@H]1Nc1c(C#N)cnc2[nH]ccc12. The van der Waals surface area contributed by atoms with Gasteiger partial charge in [0.15, 0.2) is 0 Å². The number of rotatable bonds is 4. The van der Waals surface area contributed by atoms with Crippen LogP contribution in [0.5, 0.6) is 0 Å². The third kappa shape index (κ3) is 3.38. The molecule has 1 aliphatic heterocycles. The van der Waals surface area contributed by atoms with Crippen molar-refractivity contribution in [1.82, 2.24) is 20.2 Å². The van der Waals surface area contributed by atoms with Gasteiger partial charge in [0.05, 0.1) is 11.3 Å². The number of hydrogen-bond acceptors (Lipinski definition) is 4. The Morgan fingerprint density at radius 1 is 1.52 bits per heavy atom. The van der Waals surface area contributed by atoms with E-state index in [2.05, 4.69) is 33.6 Å². The molecule has 7 nitrogen and oxygen atoms in total. The number of anilines is 1. The van der Waals surface area contributed by atoms with Gasteiger partial charge in [0, 0.05) is 43.0 Å². The molecule has 0 bridgehead atoms. The number of aromatic nitrogens is 2. The summed E-state index contributed by atoms with van der Waals surface area (Å²) in [6.07, 6.45) is 4.37. The summed E-state index contributed by atoms with van der Waals surface area (Å²) in [6.45, 7) is 7.39. The van der Waals surface area contributed by atoms with Crippen molar-refractivity contribution in [3.8, 4) is 6.07 Å². The first kappa shape index (κ1) is 17.1. The van der Waals surface area contributed by atoms with Crippen LogP contribution < -0.4 is 10.6 Å². The van der Waals surface area contributed by atoms with Gasteiger partial charge in [-0.2, -0.15) is 5.26 Å². The highest BCUT2D eigenvalue weighted by atomic mass is 16.2. The number of carbonyl (C=O) groups excluding carboxylic acids is 1. The molecule has 3 N–H and O–H groups in total. The van der Waals surface area contributed by atoms with Gasteiger partial charge in [-0.3, -0.25) is 0 Å². The Kier molecular flexibility index (Phi) is 4.79. The lowest BCUT2D eigenvalue weighted by Crippen LogP contribution is -2.42. The van der Waals surface area contributed by atoms with E-state index in [9.17, 15) is 10.1 Å². The van der Waals surface area contributed by atoms with E-state index in [1.807, 2.05) is 31.0 Å². The molecule has 1 fully saturated rings. The standard InChI is InChI=1S/C18H24N6O/c1-4-12-9-24(18(25)22-11(2)3)10-15(12)23-16-13(7-19)8-21-17-14(16)5-6-20-17/h5-6,8,11-12,15H,4,9-10H2,1-3H3,(H,22,25)(H2,20,21,23)/t12-,15+/m1/s1. The molecule has 0 spiro atoms. The van der Waals surface area contributed by atoms with Gasteiger partial charge >= 0.3 is 6.03 Å². The molecular formula is C18H24N6O. The van der Waals surface area contributed by atoms with Crippen LogP contribution in [0.25, 0.3) is 11.0 Å². The Morgan fingerprint density at radius 3 is 3.00 bits per heavy atom. The number of hydrogen-bond donors (Lipinski definition) is 3. The molecule has 3 rings (SSSR count). The van der Waals surface area contributed by atoms with Crippen LogP contribution >= 0.6 is 0 Å². The maximum Gasteiger partial charge on any atom is 0.317 e. The first-order valence-corrected chi connectivity index (χ1v) is 8.71. The molecule has 2 atom stereocenters. The van der Waals surface area contributed by atoms with Gasteiger partial charge < -0.3 is 20.5 Å². The van der Waals surface area contributed by atoms with Gasteiger partial charge in [0.1, 0.15) is 11.7 Å². The van der Waals surface area contributed by atoms with Gasteiger partial charge in [0.2, 0.25) is 0 Å². The number of pyridine rings is 1. The number of amides is 2. The molecule has 2 amide bonds. The van der Waals surface area contributed by atoms with Crippen LogP contribution in [-0.4, -0.2) is 46.1 Å². The average Bonchev–Trinajstić information content (AvgIpc) is 3.21. The highest BCUT2D eigenvalue weighted by Gasteiger charge is 2.35. The second-order valence-electron chi connectivity index (χ2n) is 6.83. The number of nitrogens with one attached hydrogen (secondary N) is 3. The van der Waals surface area contributed by atoms with Crippen molar-refractivity contribution in [3.63, 3.8) is 0 Å². The summed E-state index contributed by atoms with van der Waals surface area (Å²) in [7, 11) is 0. The Bertz CT molecular complexity index is 805. The van der Waals surface area contributed by atoms with Crippen molar-refractivity contribution in [2.45, 2.75) is 39.3 Å². The third-order valence-corrected chi connectivity index (χ3v) is 4.70. The summed E-state index contributed by atoms with van der Waals surface area (Å²) < 4.78 is 0. The molecule has 0 unspecified atom stereocenters. The number of carbonyl (C=O) groups is 1. The third-order valence-electron chi connectivity index (χ3n) is 4.70. The van der Waals surface area contributed by atoms with Gasteiger partial charge in [-0.25, -0.2) is 9.78 Å². The van der Waals surface area contributed by atoms with Crippen LogP contribution in [0.2, 0.25) is 0 Å². The molecule has 2 aromatic rings. The van der Waals surface area contributed by atoms with Crippen molar-refractivity contribution in [1.29, 1.82) is 5.26 Å². The van der Waals surface area contributed by atoms with Gasteiger partial charge in [-0.05, 0) is 32.3 Å². The van der Waals surface area contributed by atoms with Crippen LogP contribution in [0.3, 0.4) is 0 Å². The monoisotopic (exact) mass is 340 g/mol. The van der Waals surface area contributed by atoms with E-state index >= 15 is 0 Å². The Labute approximate surface area is 147 Å². The number of likely N-dealkylation sites (tertiary alicyclic amines) is 1. The van der Waals surface area contributed by atoms with Crippen LogP contribution in [-0.2, 0) is 0 Å². The fourth-order valence-corrected chi connectivity index (χ4v) is 3.39. The number of nitrogens with zero attached hydrogens (tertiary/aromatic N) is 3. The highest BCUT2D eigenvalue weighted by molar-refractivity contribution is 5.92. The predicted molar refractivity (Wildman–Crippen MR) is 97.2 cm³/mol. The summed E-state index contributed by atoms with van der Waals surface area (Å²) in [5.41, 5.74) is 2.07. The fraction of sp³-hybridized carbons (Fsp3) is 0.500. The van der Waals surface area contributed by atoms with Crippen molar-refractivity contribution in [2.75, 3.05) is 18.4 Å². The molecule has 0 saturated carbocycles. The van der Waals surface area contributed by atoms with Crippen LogP contribution in [0.1, 0.15) is 32.8 Å². The molecule has 132 valence electrons. The van der Waals surface area contributed by atoms with Gasteiger partial charge in [-0.15, -0.1) is 0 Å². The summed E-state index contributed by atoms with van der Waals surface area (Å²) in [4.78, 5) is 21.5. The maximum absolute atomic E-state index is 12.3. The van der Waals surface area contributed by atoms with E-state index in [0.29, 0.717) is 18.0 Å². The van der Waals surface area contributed by atoms with Crippen LogP contribution in [0.15, 0.2) is 18.5 Å². The number of aromatic amines is 1. The number of urea groups is 1. The number of fused-ring (bicyclic) bond motifs is 1. The lowest BCUT2D eigenvalue weighted by Gasteiger charge is -2.21. The minimum absolute atomic E-state index is 0.0280. The average molecular weight is 340 g/mol. The Hall–Kier alpha value is -2.75. The Balaban J connectivity index is 1.84. The van der Waals surface area contributed by atoms with E-state index < -0.39 is 0 Å². The zero-order valence-electron chi connectivity index (χ0n) is 14.8. The van der Waals surface area contributed by atoms with Crippen molar-refractivity contribution < 1.29 is 4.79 Å². The summed E-state index contributed by atoms with van der Waals surface area (Å²) >= 11 is 0. The van der Waals surface area contributed by atoms with E-state index in [1.54, 1.807) is 6.20 Å². The molecule has 25 heavy (non-hydrogen) atoms. The topological polar surface area (TPSA) is 96.8 Å². The minimum Gasteiger partial charge on any atom is -0.378 e. The van der Waals surface area contributed by atoms with E-state index in [0.717, 1.165) is 29.7 Å². The second-order valence-corrected chi connectivity index (χ2v) is 6.83. The summed E-state index contributed by atoms with van der Waals surface area (Å²) in [5.74, 6) is 0.339. The van der Waals surface area contributed by atoms with Crippen molar-refractivity contribution in [3.05, 3.63) is 24.0 Å². The van der Waals surface area contributed by atoms with E-state index in [1.165, 1.54) is 0 Å². The lowest BCUT2D eigenvalue weighted by molar-refractivity contribution is 0.204. The highest BCUT2D eigenvalue weighted by Crippen LogP contribution is 2.30. The van der Waals surface area contributed by atoms with Crippen molar-refractivity contribution in [2.24, 2.45) is 5.92 Å². The van der Waals surface area contributed by atoms with Crippen LogP contribution in [0, 0.1) is 17.2 Å². The normalized spacial score (nSPS) is 20.0. The molecule has 1 saturated heterocycles. The number of H-pyrrole nitrogens is 1. The first-order valence-electron chi connectivity index (χ1n) is 8.71. The van der Waals surface area contributed by atoms with Gasteiger partial charge in [-0.1, -0.05) is 6.92 Å². The van der Waals surface area contributed by atoms with E-state index in [-0.39, 0.29) is 18.1 Å². The summed E-state index contributed by atoms with van der Waals surface area (Å²) in [5, 5.41) is 16.8. The van der Waals surface area contributed by atoms with E-state index in [4.69, 9.17) is 0 Å². The first-order chi connectivity index (χ1) is 12.0. The minimum atomic E-state index is -0.0280. The molecular weight excluding hydrogens is 316 g/mol. The molecule has 0 aliphatic carbocycles. The lowest BCUT2D eigenvalue weighted by atomic mass is 10.00. The number of nitriles is 1. The Morgan fingerprint density at radius 2 is 2.32 bits per heavy atom. The van der Waals surface area contributed by atoms with Gasteiger partial charge in [0.25, 0.3) is 0 Å².